The molecule has 0 heterocycles. The highest BCUT2D eigenvalue weighted by molar-refractivity contribution is 8.00. The Morgan fingerprint density at radius 1 is 1.15 bits per heavy atom. The number of nitrogens with zero attached hydrogens (tertiary/aromatic N) is 1. The Hall–Kier alpha value is -1.56. The number of nitriles is 1. The number of anilines is 1. The summed E-state index contributed by atoms with van der Waals surface area (Å²) in [5.41, 5.74) is -5.54. The largest absolute Gasteiger partial charge is 0.441 e. The highest BCUT2D eigenvalue weighted by Crippen LogP contribution is 2.32. The van der Waals surface area contributed by atoms with Gasteiger partial charge in [-0.05, 0) is 30.0 Å². The van der Waals surface area contributed by atoms with E-state index in [0.29, 0.717) is 6.07 Å². The molecule has 0 spiro atoms. The minimum absolute atomic E-state index is 0.0725. The SMILES string of the molecule is N#Cc1cc(C(F)(F)F)ccc1NCCSC(F)(F)F. The van der Waals surface area contributed by atoms with Gasteiger partial charge in [-0.1, -0.05) is 0 Å². The van der Waals surface area contributed by atoms with Crippen molar-refractivity contribution in [3.05, 3.63) is 29.3 Å². The number of hydrogen-bond donors (Lipinski definition) is 1. The molecule has 0 amide bonds. The van der Waals surface area contributed by atoms with Gasteiger partial charge in [-0.15, -0.1) is 0 Å². The van der Waals surface area contributed by atoms with Gasteiger partial charge in [0.05, 0.1) is 16.8 Å². The van der Waals surface area contributed by atoms with Crippen LogP contribution in [-0.4, -0.2) is 17.8 Å². The van der Waals surface area contributed by atoms with Crippen molar-refractivity contribution >= 4 is 17.4 Å². The van der Waals surface area contributed by atoms with E-state index in [9.17, 15) is 26.3 Å². The van der Waals surface area contributed by atoms with Crippen LogP contribution in [-0.2, 0) is 6.18 Å². The summed E-state index contributed by atoms with van der Waals surface area (Å²) in [6.45, 7) is -0.121. The van der Waals surface area contributed by atoms with E-state index in [1.54, 1.807) is 6.07 Å². The van der Waals surface area contributed by atoms with E-state index in [0.717, 1.165) is 12.1 Å². The molecule has 0 aliphatic rings. The number of benzene rings is 1. The number of rotatable bonds is 4. The molecular formula is C11H8F6N2S. The van der Waals surface area contributed by atoms with Crippen LogP contribution < -0.4 is 5.32 Å². The molecular weight excluding hydrogens is 306 g/mol. The molecule has 1 N–H and O–H groups in total. The second-order valence-corrected chi connectivity index (χ2v) is 4.75. The zero-order valence-electron chi connectivity index (χ0n) is 9.77. The summed E-state index contributed by atoms with van der Waals surface area (Å²) in [5.74, 6) is -0.310. The monoisotopic (exact) mass is 314 g/mol. The summed E-state index contributed by atoms with van der Waals surface area (Å²) in [5, 5.41) is 11.3. The van der Waals surface area contributed by atoms with Crippen LogP contribution in [0.3, 0.4) is 0 Å². The predicted octanol–water partition coefficient (Wildman–Crippen LogP) is 4.24. The smallest absolute Gasteiger partial charge is 0.383 e. The molecule has 0 fully saturated rings. The van der Waals surface area contributed by atoms with E-state index in [2.05, 4.69) is 5.32 Å². The van der Waals surface area contributed by atoms with E-state index in [1.807, 2.05) is 0 Å². The van der Waals surface area contributed by atoms with Gasteiger partial charge in [0.15, 0.2) is 0 Å². The lowest BCUT2D eigenvalue weighted by molar-refractivity contribution is -0.137. The number of halogens is 6. The standard InChI is InChI=1S/C11H8F6N2S/c12-10(13,14)8-1-2-9(7(5-8)6-18)19-3-4-20-11(15,16)17/h1-2,5,19H,3-4H2. The Bertz CT molecular complexity index is 503. The second-order valence-electron chi connectivity index (χ2n) is 3.59. The van der Waals surface area contributed by atoms with Gasteiger partial charge in [0.25, 0.3) is 0 Å². The van der Waals surface area contributed by atoms with Crippen LogP contribution in [0.2, 0.25) is 0 Å². The lowest BCUT2D eigenvalue weighted by Crippen LogP contribution is -2.11. The van der Waals surface area contributed by atoms with Gasteiger partial charge in [0, 0.05) is 12.3 Å². The minimum Gasteiger partial charge on any atom is -0.383 e. The van der Waals surface area contributed by atoms with Gasteiger partial charge >= 0.3 is 11.7 Å². The molecule has 1 rings (SSSR count). The van der Waals surface area contributed by atoms with Crippen molar-refractivity contribution in [1.82, 2.24) is 0 Å². The summed E-state index contributed by atoms with van der Waals surface area (Å²) in [6.07, 6.45) is -4.57. The first-order valence-corrected chi connectivity index (χ1v) is 6.18. The van der Waals surface area contributed by atoms with E-state index in [-0.39, 0.29) is 35.3 Å². The number of alkyl halides is 6. The van der Waals surface area contributed by atoms with E-state index in [1.165, 1.54) is 0 Å². The lowest BCUT2D eigenvalue weighted by Gasteiger charge is -2.12. The average molecular weight is 314 g/mol. The maximum Gasteiger partial charge on any atom is 0.441 e. The molecule has 0 saturated carbocycles. The van der Waals surface area contributed by atoms with Crippen LogP contribution >= 0.6 is 11.8 Å². The van der Waals surface area contributed by atoms with Gasteiger partial charge in [0.2, 0.25) is 0 Å². The Balaban J connectivity index is 2.70. The molecule has 0 atom stereocenters. The second kappa shape index (κ2) is 6.26. The first-order valence-electron chi connectivity index (χ1n) is 5.19. The van der Waals surface area contributed by atoms with E-state index in [4.69, 9.17) is 5.26 Å². The van der Waals surface area contributed by atoms with Gasteiger partial charge < -0.3 is 5.32 Å². The van der Waals surface area contributed by atoms with Crippen LogP contribution in [0.25, 0.3) is 0 Å². The normalized spacial score (nSPS) is 12.1. The average Bonchev–Trinajstić information content (AvgIpc) is 2.32. The fourth-order valence-electron chi connectivity index (χ4n) is 1.32. The Labute approximate surface area is 114 Å². The Morgan fingerprint density at radius 3 is 2.30 bits per heavy atom. The van der Waals surface area contributed by atoms with Crippen molar-refractivity contribution in [2.24, 2.45) is 0 Å². The van der Waals surface area contributed by atoms with Crippen molar-refractivity contribution in [2.75, 3.05) is 17.6 Å². The fourth-order valence-corrected chi connectivity index (χ4v) is 1.76. The summed E-state index contributed by atoms with van der Waals surface area (Å²) in [4.78, 5) is 0. The molecule has 1 aromatic carbocycles. The summed E-state index contributed by atoms with van der Waals surface area (Å²) >= 11 is -0.252. The summed E-state index contributed by atoms with van der Waals surface area (Å²) in [6, 6.07) is 4.02. The maximum atomic E-state index is 12.4. The van der Waals surface area contributed by atoms with Crippen molar-refractivity contribution in [2.45, 2.75) is 11.7 Å². The molecule has 0 bridgehead atoms. The predicted molar refractivity (Wildman–Crippen MR) is 63.2 cm³/mol. The molecule has 0 aliphatic carbocycles. The molecule has 1 aromatic rings. The molecule has 110 valence electrons. The van der Waals surface area contributed by atoms with Crippen LogP contribution in [0.1, 0.15) is 11.1 Å². The Kier molecular flexibility index (Phi) is 5.16. The molecule has 0 saturated heterocycles. The van der Waals surface area contributed by atoms with Gasteiger partial charge in [-0.2, -0.15) is 31.6 Å². The molecule has 0 unspecified atom stereocenters. The van der Waals surface area contributed by atoms with Crippen molar-refractivity contribution < 1.29 is 26.3 Å². The molecule has 0 aliphatic heterocycles. The third kappa shape index (κ3) is 5.21. The van der Waals surface area contributed by atoms with Crippen LogP contribution in [0.5, 0.6) is 0 Å². The third-order valence-electron chi connectivity index (χ3n) is 2.15. The van der Waals surface area contributed by atoms with Gasteiger partial charge in [0.1, 0.15) is 6.07 Å². The first kappa shape index (κ1) is 16.5. The van der Waals surface area contributed by atoms with Gasteiger partial charge in [-0.25, -0.2) is 0 Å². The third-order valence-corrected chi connectivity index (χ3v) is 2.89. The highest BCUT2D eigenvalue weighted by atomic mass is 32.2. The zero-order valence-corrected chi connectivity index (χ0v) is 10.6. The Morgan fingerprint density at radius 2 is 1.80 bits per heavy atom. The van der Waals surface area contributed by atoms with Crippen molar-refractivity contribution in [3.63, 3.8) is 0 Å². The molecule has 2 nitrogen and oxygen atoms in total. The van der Waals surface area contributed by atoms with Crippen LogP contribution in [0, 0.1) is 11.3 Å². The van der Waals surface area contributed by atoms with Crippen molar-refractivity contribution in [1.29, 1.82) is 5.26 Å². The fraction of sp³-hybridized carbons (Fsp3) is 0.364. The summed E-state index contributed by atoms with van der Waals surface area (Å²) < 4.78 is 72.9. The minimum atomic E-state index is -4.57. The number of nitrogens with one attached hydrogen (secondary N) is 1. The maximum absolute atomic E-state index is 12.4. The van der Waals surface area contributed by atoms with Crippen LogP contribution in [0.15, 0.2) is 18.2 Å². The summed E-state index contributed by atoms with van der Waals surface area (Å²) in [7, 11) is 0. The van der Waals surface area contributed by atoms with Gasteiger partial charge in [-0.3, -0.25) is 0 Å². The quantitative estimate of drug-likeness (QED) is 0.667. The molecule has 0 aromatic heterocycles. The molecule has 9 heteroatoms. The highest BCUT2D eigenvalue weighted by Gasteiger charge is 2.31. The first-order chi connectivity index (χ1) is 9.13. The van der Waals surface area contributed by atoms with E-state index >= 15 is 0 Å². The topological polar surface area (TPSA) is 35.8 Å². The molecule has 0 radical (unpaired) electrons. The zero-order chi connectivity index (χ0) is 15.4. The van der Waals surface area contributed by atoms with Crippen LogP contribution in [0.4, 0.5) is 32.0 Å². The lowest BCUT2D eigenvalue weighted by atomic mass is 10.1. The number of thioether (sulfide) groups is 1. The van der Waals surface area contributed by atoms with E-state index < -0.39 is 17.2 Å². The molecule has 20 heavy (non-hydrogen) atoms. The van der Waals surface area contributed by atoms with Crippen molar-refractivity contribution in [3.8, 4) is 6.07 Å². The number of hydrogen-bond acceptors (Lipinski definition) is 3.